The molecule has 0 unspecified atom stereocenters. The third kappa shape index (κ3) is 4.95. The fourth-order valence-corrected chi connectivity index (χ4v) is 3.26. The molecule has 0 saturated heterocycles. The van der Waals surface area contributed by atoms with E-state index in [-0.39, 0.29) is 18.4 Å². The van der Waals surface area contributed by atoms with Crippen molar-refractivity contribution >= 4 is 34.5 Å². The molecule has 0 radical (unpaired) electrons. The number of anilines is 2. The first-order valence-corrected chi connectivity index (χ1v) is 9.34. The van der Waals surface area contributed by atoms with Crippen LogP contribution in [0.2, 0.25) is 0 Å². The van der Waals surface area contributed by atoms with E-state index >= 15 is 0 Å². The van der Waals surface area contributed by atoms with E-state index in [1.165, 1.54) is 11.3 Å². The van der Waals surface area contributed by atoms with Crippen molar-refractivity contribution in [2.45, 2.75) is 13.8 Å². The van der Waals surface area contributed by atoms with Gasteiger partial charge in [-0.3, -0.25) is 9.59 Å². The highest BCUT2D eigenvalue weighted by Crippen LogP contribution is 2.22. The van der Waals surface area contributed by atoms with Crippen LogP contribution in [0.25, 0.3) is 0 Å². The zero-order valence-electron chi connectivity index (χ0n) is 15.1. The maximum Gasteiger partial charge on any atom is 0.265 e. The van der Waals surface area contributed by atoms with Crippen molar-refractivity contribution in [1.82, 2.24) is 0 Å². The molecular formula is C21H20N2O3S. The maximum absolute atomic E-state index is 12.2. The number of thiophene rings is 1. The van der Waals surface area contributed by atoms with Crippen LogP contribution in [0.15, 0.2) is 60.0 Å². The monoisotopic (exact) mass is 380 g/mol. The van der Waals surface area contributed by atoms with Gasteiger partial charge in [0.1, 0.15) is 5.75 Å². The first kappa shape index (κ1) is 18.7. The van der Waals surface area contributed by atoms with Gasteiger partial charge in [-0.05, 0) is 54.6 Å². The molecule has 0 bridgehead atoms. The molecule has 6 heteroatoms. The molecule has 0 spiro atoms. The third-order valence-electron chi connectivity index (χ3n) is 3.91. The van der Waals surface area contributed by atoms with Crippen LogP contribution >= 0.6 is 11.3 Å². The zero-order valence-corrected chi connectivity index (χ0v) is 15.9. The lowest BCUT2D eigenvalue weighted by molar-refractivity contribution is -0.118. The van der Waals surface area contributed by atoms with Gasteiger partial charge in [-0.1, -0.05) is 30.3 Å². The van der Waals surface area contributed by atoms with Gasteiger partial charge >= 0.3 is 0 Å². The van der Waals surface area contributed by atoms with Crippen molar-refractivity contribution in [2.24, 2.45) is 0 Å². The summed E-state index contributed by atoms with van der Waals surface area (Å²) in [5, 5.41) is 7.46. The Hall–Kier alpha value is -3.12. The Morgan fingerprint density at radius 2 is 1.59 bits per heavy atom. The molecule has 0 fully saturated rings. The molecule has 1 heterocycles. The Labute approximate surface area is 162 Å². The largest absolute Gasteiger partial charge is 0.483 e. The molecule has 0 aliphatic heterocycles. The number of carbonyl (C=O) groups excluding carboxylic acids is 2. The lowest BCUT2D eigenvalue weighted by Crippen LogP contribution is -2.20. The van der Waals surface area contributed by atoms with Crippen LogP contribution in [0.5, 0.6) is 5.75 Å². The first-order valence-electron chi connectivity index (χ1n) is 8.47. The van der Waals surface area contributed by atoms with Gasteiger partial charge in [0.2, 0.25) is 0 Å². The molecule has 1 aromatic heterocycles. The predicted octanol–water partition coefficient (Wildman–Crippen LogP) is 4.63. The molecule has 5 nitrogen and oxygen atoms in total. The summed E-state index contributed by atoms with van der Waals surface area (Å²) in [4.78, 5) is 25.0. The fraction of sp³-hybridized carbons (Fsp3) is 0.143. The molecule has 3 aromatic rings. The van der Waals surface area contributed by atoms with Crippen molar-refractivity contribution in [3.05, 3.63) is 76.0 Å². The number of hydrogen-bond donors (Lipinski definition) is 2. The van der Waals surface area contributed by atoms with Crippen LogP contribution in [-0.4, -0.2) is 18.4 Å². The number of nitrogens with one attached hydrogen (secondary N) is 2. The van der Waals surface area contributed by atoms with Gasteiger partial charge in [0.05, 0.1) is 4.88 Å². The lowest BCUT2D eigenvalue weighted by atomic mass is 10.1. The molecule has 3 rings (SSSR count). The Morgan fingerprint density at radius 1 is 0.926 bits per heavy atom. The van der Waals surface area contributed by atoms with Gasteiger partial charge < -0.3 is 15.4 Å². The number of para-hydroxylation sites is 1. The summed E-state index contributed by atoms with van der Waals surface area (Å²) in [6.45, 7) is 3.80. The number of ether oxygens (including phenoxy) is 1. The topological polar surface area (TPSA) is 67.4 Å². The van der Waals surface area contributed by atoms with Crippen LogP contribution < -0.4 is 15.4 Å². The molecule has 0 aliphatic carbocycles. The number of benzene rings is 2. The minimum Gasteiger partial charge on any atom is -0.483 e. The molecule has 27 heavy (non-hydrogen) atoms. The normalized spacial score (nSPS) is 10.3. The summed E-state index contributed by atoms with van der Waals surface area (Å²) in [6.07, 6.45) is 0. The van der Waals surface area contributed by atoms with E-state index in [0.717, 1.165) is 16.9 Å². The Bertz CT molecular complexity index is 932. The van der Waals surface area contributed by atoms with Gasteiger partial charge in [0, 0.05) is 11.4 Å². The maximum atomic E-state index is 12.2. The number of rotatable bonds is 6. The molecule has 2 amide bonds. The van der Waals surface area contributed by atoms with Crippen molar-refractivity contribution in [3.8, 4) is 5.75 Å². The Morgan fingerprint density at radius 3 is 2.26 bits per heavy atom. The summed E-state index contributed by atoms with van der Waals surface area (Å²) >= 11 is 1.37. The first-order chi connectivity index (χ1) is 13.0. The molecule has 0 aliphatic rings. The smallest absolute Gasteiger partial charge is 0.265 e. The van der Waals surface area contributed by atoms with Gasteiger partial charge in [0.25, 0.3) is 11.8 Å². The second-order valence-electron chi connectivity index (χ2n) is 6.07. The quantitative estimate of drug-likeness (QED) is 0.655. The summed E-state index contributed by atoms with van der Waals surface area (Å²) in [5.41, 5.74) is 3.18. The summed E-state index contributed by atoms with van der Waals surface area (Å²) < 4.78 is 5.66. The number of hydrogen-bond acceptors (Lipinski definition) is 4. The highest BCUT2D eigenvalue weighted by molar-refractivity contribution is 7.12. The average molecular weight is 380 g/mol. The minimum absolute atomic E-state index is 0.0858. The second-order valence-corrected chi connectivity index (χ2v) is 7.02. The van der Waals surface area contributed by atoms with Crippen molar-refractivity contribution in [2.75, 3.05) is 17.2 Å². The second kappa shape index (κ2) is 8.51. The number of aryl methyl sites for hydroxylation is 2. The van der Waals surface area contributed by atoms with Crippen molar-refractivity contribution < 1.29 is 14.3 Å². The minimum atomic E-state index is -0.264. The van der Waals surface area contributed by atoms with Gasteiger partial charge in [-0.15, -0.1) is 11.3 Å². The van der Waals surface area contributed by atoms with Gasteiger partial charge in [-0.2, -0.15) is 0 Å². The van der Waals surface area contributed by atoms with Crippen LogP contribution in [0, 0.1) is 13.8 Å². The van der Waals surface area contributed by atoms with E-state index in [2.05, 4.69) is 10.6 Å². The summed E-state index contributed by atoms with van der Waals surface area (Å²) in [5.74, 6) is 0.288. The van der Waals surface area contributed by atoms with E-state index < -0.39 is 0 Å². The van der Waals surface area contributed by atoms with Crippen LogP contribution in [0.3, 0.4) is 0 Å². The molecule has 2 N–H and O–H groups in total. The zero-order chi connectivity index (χ0) is 19.2. The van der Waals surface area contributed by atoms with Gasteiger partial charge in [0.15, 0.2) is 6.61 Å². The Kier molecular flexibility index (Phi) is 5.88. The molecule has 0 saturated carbocycles. The van der Waals surface area contributed by atoms with Crippen LogP contribution in [0.1, 0.15) is 20.8 Å². The Balaban J connectivity index is 1.59. The predicted molar refractivity (Wildman–Crippen MR) is 109 cm³/mol. The highest BCUT2D eigenvalue weighted by Gasteiger charge is 2.10. The average Bonchev–Trinajstić information content (AvgIpc) is 3.16. The van der Waals surface area contributed by atoms with Crippen LogP contribution in [0.4, 0.5) is 11.4 Å². The third-order valence-corrected chi connectivity index (χ3v) is 4.77. The molecular weight excluding hydrogens is 360 g/mol. The SMILES string of the molecule is Cc1cccc(C)c1OCC(=O)Nc1cccc(NC(=O)c2cccs2)c1. The van der Waals surface area contributed by atoms with Gasteiger partial charge in [-0.25, -0.2) is 0 Å². The summed E-state index contributed by atoms with van der Waals surface area (Å²) in [6, 6.07) is 16.4. The number of carbonyl (C=O) groups is 2. The van der Waals surface area contributed by atoms with E-state index in [9.17, 15) is 9.59 Å². The molecule has 2 aromatic carbocycles. The molecule has 138 valence electrons. The standard InChI is InChI=1S/C21H20N2O3S/c1-14-6-3-7-15(2)20(14)26-13-19(24)22-16-8-4-9-17(12-16)23-21(25)18-10-5-11-27-18/h3-12H,13H2,1-2H3,(H,22,24)(H,23,25). The van der Waals surface area contributed by atoms with Crippen molar-refractivity contribution in [1.29, 1.82) is 0 Å². The molecule has 0 atom stereocenters. The van der Waals surface area contributed by atoms with Crippen molar-refractivity contribution in [3.63, 3.8) is 0 Å². The summed E-state index contributed by atoms with van der Waals surface area (Å²) in [7, 11) is 0. The van der Waals surface area contributed by atoms with E-state index in [4.69, 9.17) is 4.74 Å². The highest BCUT2D eigenvalue weighted by atomic mass is 32.1. The van der Waals surface area contributed by atoms with E-state index in [1.807, 2.05) is 43.5 Å². The lowest BCUT2D eigenvalue weighted by Gasteiger charge is -2.12. The van der Waals surface area contributed by atoms with E-state index in [1.54, 1.807) is 30.3 Å². The fourth-order valence-electron chi connectivity index (χ4n) is 2.64. The number of amides is 2. The van der Waals surface area contributed by atoms with E-state index in [0.29, 0.717) is 16.3 Å². The van der Waals surface area contributed by atoms with Crippen LogP contribution in [-0.2, 0) is 4.79 Å².